The second-order valence-electron chi connectivity index (χ2n) is 11.8. The maximum Gasteiger partial charge on any atom is 0.252 e. The summed E-state index contributed by atoms with van der Waals surface area (Å²) < 4.78 is 0. The SMILES string of the molecule is NC(=O)c1ccc(N=Nc2ccc(C(N)=O)cc2)cc1.NCc1ccc(N=Nc2ccc(CN)cc2)cc1.O=C(Cl)c1ccc(N=Nc2ccc(C(=O)Cl)cc2)cc1. The molecule has 0 aliphatic rings. The summed E-state index contributed by atoms with van der Waals surface area (Å²) in [6.07, 6.45) is 0. The van der Waals surface area contributed by atoms with Gasteiger partial charge in [0.2, 0.25) is 11.8 Å². The molecule has 6 aromatic rings. The number of carbonyl (C=O) groups is 4. The quantitative estimate of drug-likeness (QED) is 0.0690. The number of amides is 2. The fraction of sp³-hybridized carbons (Fsp3) is 0.0476. The van der Waals surface area contributed by atoms with E-state index in [-0.39, 0.29) is 0 Å². The summed E-state index contributed by atoms with van der Waals surface area (Å²) in [7, 11) is 0. The summed E-state index contributed by atoms with van der Waals surface area (Å²) >= 11 is 10.7. The average molecular weight is 816 g/mol. The van der Waals surface area contributed by atoms with Crippen LogP contribution in [0, 0.1) is 0 Å². The van der Waals surface area contributed by atoms with Crippen LogP contribution in [0.25, 0.3) is 0 Å². The molecule has 0 bridgehead atoms. The minimum atomic E-state index is -0.519. The summed E-state index contributed by atoms with van der Waals surface area (Å²) in [5.41, 5.74) is 29.1. The van der Waals surface area contributed by atoms with E-state index >= 15 is 0 Å². The molecule has 0 aromatic heterocycles. The van der Waals surface area contributed by atoms with E-state index in [0.29, 0.717) is 58.1 Å². The first-order chi connectivity index (χ1) is 27.9. The van der Waals surface area contributed by atoms with Crippen LogP contribution >= 0.6 is 23.2 Å². The van der Waals surface area contributed by atoms with Crippen molar-refractivity contribution in [2.24, 2.45) is 53.6 Å². The molecule has 58 heavy (non-hydrogen) atoms. The minimum Gasteiger partial charge on any atom is -0.366 e. The highest BCUT2D eigenvalue weighted by Gasteiger charge is 2.03. The van der Waals surface area contributed by atoms with Gasteiger partial charge in [-0.1, -0.05) is 24.3 Å². The zero-order chi connectivity index (χ0) is 41.9. The van der Waals surface area contributed by atoms with Crippen LogP contribution in [0.1, 0.15) is 52.6 Å². The van der Waals surface area contributed by atoms with Crippen molar-refractivity contribution >= 4 is 79.6 Å². The summed E-state index contributed by atoms with van der Waals surface area (Å²) in [4.78, 5) is 43.6. The van der Waals surface area contributed by atoms with E-state index in [9.17, 15) is 19.2 Å². The number of hydrogen-bond donors (Lipinski definition) is 4. The second-order valence-corrected chi connectivity index (χ2v) is 12.5. The lowest BCUT2D eigenvalue weighted by Gasteiger charge is -1.98. The summed E-state index contributed by atoms with van der Waals surface area (Å²) in [5.74, 6) is -0.981. The average Bonchev–Trinajstić information content (AvgIpc) is 3.25. The molecule has 0 spiro atoms. The molecule has 6 aromatic carbocycles. The van der Waals surface area contributed by atoms with Gasteiger partial charge in [-0.15, -0.1) is 0 Å². The fourth-order valence-electron chi connectivity index (χ4n) is 4.45. The number of primary amides is 2. The molecular formula is C42H36Cl2N10O4. The van der Waals surface area contributed by atoms with Gasteiger partial charge in [0, 0.05) is 35.3 Å². The van der Waals surface area contributed by atoms with Crippen molar-refractivity contribution in [2.75, 3.05) is 0 Å². The van der Waals surface area contributed by atoms with E-state index in [1.807, 2.05) is 48.5 Å². The summed E-state index contributed by atoms with van der Waals surface area (Å²) in [5, 5.41) is 23.3. The topological polar surface area (TPSA) is 247 Å². The second kappa shape index (κ2) is 22.5. The van der Waals surface area contributed by atoms with Crippen molar-refractivity contribution in [1.29, 1.82) is 0 Å². The van der Waals surface area contributed by atoms with E-state index in [2.05, 4.69) is 30.7 Å². The van der Waals surface area contributed by atoms with Crippen LogP contribution in [-0.4, -0.2) is 22.3 Å². The number of carbonyl (C=O) groups excluding carboxylic acids is 4. The van der Waals surface area contributed by atoms with Gasteiger partial charge in [-0.3, -0.25) is 19.2 Å². The Bertz CT molecular complexity index is 2100. The predicted octanol–water partition coefficient (Wildman–Crippen LogP) is 10.2. The number of benzene rings is 6. The maximum atomic E-state index is 10.9. The summed E-state index contributed by atoms with van der Waals surface area (Å²) in [6, 6.07) is 41.1. The zero-order valence-electron chi connectivity index (χ0n) is 30.7. The van der Waals surface area contributed by atoms with Crippen molar-refractivity contribution in [2.45, 2.75) is 13.1 Å². The molecule has 0 saturated carbocycles. The lowest BCUT2D eigenvalue weighted by atomic mass is 10.2. The third kappa shape index (κ3) is 14.5. The van der Waals surface area contributed by atoms with Gasteiger partial charge < -0.3 is 22.9 Å². The van der Waals surface area contributed by atoms with E-state index in [1.54, 1.807) is 97.1 Å². The third-order valence-corrected chi connectivity index (χ3v) is 8.12. The van der Waals surface area contributed by atoms with E-state index in [0.717, 1.165) is 22.5 Å². The number of nitrogens with zero attached hydrogens (tertiary/aromatic N) is 6. The van der Waals surface area contributed by atoms with Crippen molar-refractivity contribution in [3.63, 3.8) is 0 Å². The minimum absolute atomic E-state index is 0.399. The van der Waals surface area contributed by atoms with Gasteiger partial charge in [-0.05, 0) is 156 Å². The molecule has 6 rings (SSSR count). The molecular weight excluding hydrogens is 779 g/mol. The molecule has 14 nitrogen and oxygen atoms in total. The van der Waals surface area contributed by atoms with Gasteiger partial charge in [-0.2, -0.15) is 30.7 Å². The highest BCUT2D eigenvalue weighted by atomic mass is 35.5. The Morgan fingerprint density at radius 1 is 0.345 bits per heavy atom. The molecule has 2 amide bonds. The maximum absolute atomic E-state index is 10.9. The molecule has 0 aliphatic heterocycles. The Morgan fingerprint density at radius 3 is 0.707 bits per heavy atom. The van der Waals surface area contributed by atoms with Crippen LogP contribution in [0.4, 0.5) is 34.1 Å². The number of azo groups is 3. The van der Waals surface area contributed by atoms with Gasteiger partial charge in [-0.25, -0.2) is 0 Å². The highest BCUT2D eigenvalue weighted by Crippen LogP contribution is 2.22. The van der Waals surface area contributed by atoms with Gasteiger partial charge >= 0.3 is 0 Å². The molecule has 16 heteroatoms. The van der Waals surface area contributed by atoms with Crippen LogP contribution in [0.15, 0.2) is 176 Å². The third-order valence-electron chi connectivity index (χ3n) is 7.68. The van der Waals surface area contributed by atoms with Crippen molar-refractivity contribution < 1.29 is 19.2 Å². The van der Waals surface area contributed by atoms with Crippen LogP contribution in [0.3, 0.4) is 0 Å². The zero-order valence-corrected chi connectivity index (χ0v) is 32.2. The molecule has 0 radical (unpaired) electrons. The standard InChI is InChI=1S/C14H8Cl2N2O2.C14H12N4O2.C14H16N4/c2*15-13(19)9-1-5-11(6-2-9)17-18-12-7-3-10(4-8-12)14(16)20;15-9-11-1-5-13(6-2-11)17-18-14-7-3-12(10-16)4-8-14/h1-8H;1-8H,(H2,15,19)(H2,16,20);1-8H,9-10,15-16H2. The van der Waals surface area contributed by atoms with Crippen LogP contribution < -0.4 is 22.9 Å². The van der Waals surface area contributed by atoms with Crippen molar-refractivity contribution in [1.82, 2.24) is 0 Å². The van der Waals surface area contributed by atoms with Gasteiger partial charge in [0.1, 0.15) is 0 Å². The Labute approximate surface area is 343 Å². The van der Waals surface area contributed by atoms with Gasteiger partial charge in [0.15, 0.2) is 0 Å². The molecule has 0 unspecified atom stereocenters. The normalized spacial score (nSPS) is 10.8. The van der Waals surface area contributed by atoms with E-state index in [4.69, 9.17) is 46.1 Å². The van der Waals surface area contributed by atoms with Gasteiger partial charge in [0.05, 0.1) is 34.1 Å². The van der Waals surface area contributed by atoms with Crippen LogP contribution in [0.5, 0.6) is 0 Å². The molecule has 8 N–H and O–H groups in total. The van der Waals surface area contributed by atoms with E-state index < -0.39 is 22.3 Å². The first-order valence-electron chi connectivity index (χ1n) is 17.2. The smallest absolute Gasteiger partial charge is 0.252 e. The Balaban J connectivity index is 0.000000193. The lowest BCUT2D eigenvalue weighted by molar-refractivity contribution is 0.0992. The number of nitrogens with two attached hydrogens (primary N) is 4. The van der Waals surface area contributed by atoms with Gasteiger partial charge in [0.25, 0.3) is 10.5 Å². The molecule has 0 atom stereocenters. The first-order valence-corrected chi connectivity index (χ1v) is 17.9. The fourth-order valence-corrected chi connectivity index (χ4v) is 4.70. The Morgan fingerprint density at radius 2 is 0.534 bits per heavy atom. The Hall–Kier alpha value is -7.10. The van der Waals surface area contributed by atoms with Crippen molar-refractivity contribution in [3.8, 4) is 0 Å². The molecule has 292 valence electrons. The van der Waals surface area contributed by atoms with Crippen molar-refractivity contribution in [3.05, 3.63) is 179 Å². The molecule has 0 saturated heterocycles. The lowest BCUT2D eigenvalue weighted by Crippen LogP contribution is -2.10. The first kappa shape index (κ1) is 43.6. The molecule has 0 fully saturated rings. The number of hydrogen-bond acceptors (Lipinski definition) is 12. The molecule has 0 aliphatic carbocycles. The predicted molar refractivity (Wildman–Crippen MR) is 224 cm³/mol. The Kier molecular flexibility index (Phi) is 16.9. The highest BCUT2D eigenvalue weighted by molar-refractivity contribution is 6.68. The number of halogens is 2. The summed E-state index contributed by atoms with van der Waals surface area (Å²) in [6.45, 7) is 1.08. The monoisotopic (exact) mass is 814 g/mol. The molecule has 0 heterocycles. The van der Waals surface area contributed by atoms with Crippen LogP contribution in [0.2, 0.25) is 0 Å². The van der Waals surface area contributed by atoms with Crippen LogP contribution in [-0.2, 0) is 13.1 Å². The number of rotatable bonds is 12. The van der Waals surface area contributed by atoms with E-state index in [1.165, 1.54) is 0 Å². The largest absolute Gasteiger partial charge is 0.366 e.